The minimum atomic E-state index is -0.588. The van der Waals surface area contributed by atoms with Crippen molar-refractivity contribution < 1.29 is 9.50 Å². The van der Waals surface area contributed by atoms with Crippen LogP contribution in [0.4, 0.5) is 4.39 Å². The molecular weight excluding hydrogens is 309 g/mol. The molecule has 1 aliphatic heterocycles. The number of aromatic nitrogens is 2. The summed E-state index contributed by atoms with van der Waals surface area (Å²) >= 11 is 0. The monoisotopic (exact) mass is 329 g/mol. The Kier molecular flexibility index (Phi) is 3.79. The van der Waals surface area contributed by atoms with Crippen LogP contribution in [0.2, 0.25) is 0 Å². The number of rotatable bonds is 3. The molecule has 6 nitrogen and oxygen atoms in total. The second-order valence-electron chi connectivity index (χ2n) is 6.12. The second kappa shape index (κ2) is 5.67. The number of phenols is 1. The lowest BCUT2D eigenvalue weighted by Gasteiger charge is -2.27. The highest BCUT2D eigenvalue weighted by Crippen LogP contribution is 2.38. The van der Waals surface area contributed by atoms with Gasteiger partial charge in [0.05, 0.1) is 23.0 Å². The molecule has 24 heavy (non-hydrogen) atoms. The molecular formula is C17H20FN5O. The summed E-state index contributed by atoms with van der Waals surface area (Å²) < 4.78 is 15.9. The summed E-state index contributed by atoms with van der Waals surface area (Å²) in [6.07, 6.45) is 4.01. The average Bonchev–Trinajstić information content (AvgIpc) is 2.98. The van der Waals surface area contributed by atoms with Gasteiger partial charge < -0.3 is 15.7 Å². The number of hydrogen-bond acceptors (Lipinski definition) is 4. The molecule has 0 saturated carbocycles. The van der Waals surface area contributed by atoms with Crippen molar-refractivity contribution in [2.24, 2.45) is 11.7 Å². The molecule has 4 N–H and O–H groups in total. The summed E-state index contributed by atoms with van der Waals surface area (Å²) in [4.78, 5) is 2.00. The van der Waals surface area contributed by atoms with Gasteiger partial charge in [0, 0.05) is 19.0 Å². The van der Waals surface area contributed by atoms with E-state index in [1.165, 1.54) is 16.8 Å². The molecule has 0 fully saturated rings. The molecule has 2 unspecified atom stereocenters. The van der Waals surface area contributed by atoms with Crippen LogP contribution in [0.25, 0.3) is 5.69 Å². The number of hydrogen-bond donors (Lipinski definition) is 3. The first-order valence-corrected chi connectivity index (χ1v) is 7.64. The summed E-state index contributed by atoms with van der Waals surface area (Å²) in [7, 11) is 1.93. The highest BCUT2D eigenvalue weighted by Gasteiger charge is 2.33. The molecule has 126 valence electrons. The largest absolute Gasteiger partial charge is 0.508 e. The minimum absolute atomic E-state index is 0.0968. The van der Waals surface area contributed by atoms with Crippen LogP contribution >= 0.6 is 0 Å². The maximum atomic E-state index is 14.4. The van der Waals surface area contributed by atoms with Crippen molar-refractivity contribution in [1.82, 2.24) is 14.7 Å². The second-order valence-corrected chi connectivity index (χ2v) is 6.12. The normalized spacial score (nSPS) is 19.9. The summed E-state index contributed by atoms with van der Waals surface area (Å²) in [5.74, 6) is -0.680. The van der Waals surface area contributed by atoms with Gasteiger partial charge >= 0.3 is 0 Å². The fourth-order valence-electron chi connectivity index (χ4n) is 3.28. The molecule has 1 aromatic heterocycles. The summed E-state index contributed by atoms with van der Waals surface area (Å²) in [6, 6.07) is 3.81. The Hall–Kier alpha value is -2.83. The van der Waals surface area contributed by atoms with Crippen LogP contribution in [0.15, 0.2) is 30.5 Å². The maximum absolute atomic E-state index is 14.4. The third kappa shape index (κ3) is 2.42. The van der Waals surface area contributed by atoms with E-state index < -0.39 is 5.82 Å². The number of amidine groups is 1. The van der Waals surface area contributed by atoms with E-state index >= 15 is 0 Å². The van der Waals surface area contributed by atoms with Crippen molar-refractivity contribution in [3.8, 4) is 11.4 Å². The third-order valence-electron chi connectivity index (χ3n) is 4.37. The predicted molar refractivity (Wildman–Crippen MR) is 89.7 cm³/mol. The molecule has 0 spiro atoms. The molecule has 7 heteroatoms. The minimum Gasteiger partial charge on any atom is -0.508 e. The van der Waals surface area contributed by atoms with E-state index in [0.29, 0.717) is 17.0 Å². The molecule has 0 bridgehead atoms. The predicted octanol–water partition coefficient (Wildman–Crippen LogP) is 2.45. The lowest BCUT2D eigenvalue weighted by Crippen LogP contribution is -2.26. The number of nitrogen functional groups attached to an aromatic ring is 1. The van der Waals surface area contributed by atoms with Gasteiger partial charge in [-0.15, -0.1) is 0 Å². The van der Waals surface area contributed by atoms with Crippen LogP contribution in [-0.2, 0) is 0 Å². The lowest BCUT2D eigenvalue weighted by molar-refractivity contribution is 0.304. The van der Waals surface area contributed by atoms with E-state index in [1.54, 1.807) is 6.92 Å². The first kappa shape index (κ1) is 16.0. The first-order chi connectivity index (χ1) is 11.3. The Balaban J connectivity index is 2.27. The van der Waals surface area contributed by atoms with Gasteiger partial charge in [-0.25, -0.2) is 9.07 Å². The fraction of sp³-hybridized carbons (Fsp3) is 0.294. The number of halogens is 1. The highest BCUT2D eigenvalue weighted by molar-refractivity contribution is 5.97. The number of aryl methyl sites for hydroxylation is 1. The Morgan fingerprint density at radius 2 is 2.12 bits per heavy atom. The Labute approximate surface area is 139 Å². The van der Waals surface area contributed by atoms with Crippen molar-refractivity contribution in [1.29, 1.82) is 5.41 Å². The van der Waals surface area contributed by atoms with Gasteiger partial charge in [0.2, 0.25) is 0 Å². The SMILES string of the molecule is Cc1nn(-c2ccc(O)cc2F)c(C2C(C)C=CN2C)c1C(=N)N. The maximum Gasteiger partial charge on any atom is 0.152 e. The van der Waals surface area contributed by atoms with Crippen LogP contribution in [0.3, 0.4) is 0 Å². The average molecular weight is 329 g/mol. The van der Waals surface area contributed by atoms with Crippen molar-refractivity contribution in [2.75, 3.05) is 7.05 Å². The number of benzene rings is 1. The van der Waals surface area contributed by atoms with Crippen molar-refractivity contribution in [3.05, 3.63) is 53.2 Å². The molecule has 0 radical (unpaired) electrons. The smallest absolute Gasteiger partial charge is 0.152 e. The standard InChI is InChI=1S/C17H20FN5O/c1-9-6-7-22(3)15(9)16-14(17(19)20)10(2)21-23(16)13-5-4-11(24)8-12(13)18/h4-9,15,24H,1-3H3,(H3,19,20). The van der Waals surface area contributed by atoms with Gasteiger partial charge in [-0.2, -0.15) is 5.10 Å². The molecule has 1 aliphatic rings. The van der Waals surface area contributed by atoms with Gasteiger partial charge in [-0.05, 0) is 25.3 Å². The van der Waals surface area contributed by atoms with Gasteiger partial charge in [-0.1, -0.05) is 13.0 Å². The van der Waals surface area contributed by atoms with Crippen LogP contribution < -0.4 is 5.73 Å². The summed E-state index contributed by atoms with van der Waals surface area (Å²) in [5.41, 5.74) is 7.76. The fourth-order valence-corrected chi connectivity index (χ4v) is 3.28. The van der Waals surface area contributed by atoms with E-state index in [-0.39, 0.29) is 29.2 Å². The lowest BCUT2D eigenvalue weighted by atomic mass is 9.96. The summed E-state index contributed by atoms with van der Waals surface area (Å²) in [5, 5.41) is 21.8. The van der Waals surface area contributed by atoms with Crippen LogP contribution in [0.1, 0.15) is 29.9 Å². The number of nitrogens with zero attached hydrogens (tertiary/aromatic N) is 3. The third-order valence-corrected chi connectivity index (χ3v) is 4.37. The van der Waals surface area contributed by atoms with Gasteiger partial charge in [0.15, 0.2) is 5.82 Å². The summed E-state index contributed by atoms with van der Waals surface area (Å²) in [6.45, 7) is 3.80. The van der Waals surface area contributed by atoms with Crippen LogP contribution in [0.5, 0.6) is 5.75 Å². The number of nitrogens with one attached hydrogen (secondary N) is 1. The van der Waals surface area contributed by atoms with Crippen LogP contribution in [0, 0.1) is 24.1 Å². The zero-order valence-corrected chi connectivity index (χ0v) is 13.8. The topological polar surface area (TPSA) is 91.2 Å². The highest BCUT2D eigenvalue weighted by atomic mass is 19.1. The molecule has 0 saturated heterocycles. The van der Waals surface area contributed by atoms with Crippen LogP contribution in [-0.4, -0.2) is 32.7 Å². The molecule has 0 amide bonds. The molecule has 0 aliphatic carbocycles. The van der Waals surface area contributed by atoms with E-state index in [4.69, 9.17) is 11.1 Å². The van der Waals surface area contributed by atoms with E-state index in [1.807, 2.05) is 18.1 Å². The van der Waals surface area contributed by atoms with Crippen molar-refractivity contribution >= 4 is 5.84 Å². The van der Waals surface area contributed by atoms with Crippen molar-refractivity contribution in [3.63, 3.8) is 0 Å². The molecule has 2 heterocycles. The zero-order chi connectivity index (χ0) is 17.6. The molecule has 3 rings (SSSR count). The van der Waals surface area contributed by atoms with Gasteiger partial charge in [0.1, 0.15) is 17.3 Å². The molecule has 2 atom stereocenters. The molecule has 2 aromatic rings. The number of nitrogens with two attached hydrogens (primary N) is 1. The van der Waals surface area contributed by atoms with Crippen molar-refractivity contribution in [2.45, 2.75) is 19.9 Å². The Bertz CT molecular complexity index is 830. The number of aromatic hydroxyl groups is 1. The molecule has 1 aromatic carbocycles. The first-order valence-electron chi connectivity index (χ1n) is 7.64. The Morgan fingerprint density at radius 1 is 1.42 bits per heavy atom. The number of phenolic OH excluding ortho intramolecular Hbond substituents is 1. The van der Waals surface area contributed by atoms with E-state index in [0.717, 1.165) is 6.07 Å². The van der Waals surface area contributed by atoms with E-state index in [2.05, 4.69) is 18.1 Å². The van der Waals surface area contributed by atoms with Gasteiger partial charge in [0.25, 0.3) is 0 Å². The van der Waals surface area contributed by atoms with Gasteiger partial charge in [-0.3, -0.25) is 5.41 Å². The van der Waals surface area contributed by atoms with E-state index in [9.17, 15) is 9.50 Å². The zero-order valence-electron chi connectivity index (χ0n) is 13.8. The quantitative estimate of drug-likeness (QED) is 0.596. The Morgan fingerprint density at radius 3 is 2.67 bits per heavy atom.